The molecule has 0 atom stereocenters. The summed E-state index contributed by atoms with van der Waals surface area (Å²) in [6.07, 6.45) is 1.77. The number of nitrogens with zero attached hydrogens (tertiary/aromatic N) is 1. The molecule has 0 saturated heterocycles. The minimum Gasteiger partial charge on any atom is -0.397 e. The lowest BCUT2D eigenvalue weighted by molar-refractivity contribution is 1.12. The Morgan fingerprint density at radius 3 is 2.71 bits per heavy atom. The van der Waals surface area contributed by atoms with Crippen LogP contribution in [0, 0.1) is 0 Å². The van der Waals surface area contributed by atoms with E-state index in [1.165, 1.54) is 0 Å². The number of aromatic amines is 1. The lowest BCUT2D eigenvalue weighted by Crippen LogP contribution is -1.96. The second kappa shape index (κ2) is 3.83. The van der Waals surface area contributed by atoms with E-state index >= 15 is 0 Å². The first kappa shape index (κ1) is 9.72. The quantitative estimate of drug-likeness (QED) is 0.586. The molecule has 1 aromatic heterocycles. The van der Waals surface area contributed by atoms with E-state index in [1.54, 1.807) is 6.20 Å². The predicted molar refractivity (Wildman–Crippen MR) is 70.2 cm³/mol. The fraction of sp³-hybridized carbons (Fsp3) is 0. The van der Waals surface area contributed by atoms with Crippen LogP contribution >= 0.6 is 0 Å². The molecule has 0 bridgehead atoms. The normalized spacial score (nSPS) is 10.6. The number of anilines is 3. The molecule has 0 spiro atoms. The standard InChI is InChI=1S/C13H12N4/c14-11-6-7-12-10(8-15-17-12)13(11)16-9-4-2-1-3-5-9/h1-8,16H,14H2,(H,15,17). The molecule has 4 nitrogen and oxygen atoms in total. The Hall–Kier alpha value is -2.49. The van der Waals surface area contributed by atoms with Crippen molar-refractivity contribution in [2.24, 2.45) is 0 Å². The maximum Gasteiger partial charge on any atom is 0.0729 e. The highest BCUT2D eigenvalue weighted by Crippen LogP contribution is 2.30. The van der Waals surface area contributed by atoms with E-state index in [9.17, 15) is 0 Å². The molecule has 3 aromatic rings. The van der Waals surface area contributed by atoms with E-state index < -0.39 is 0 Å². The molecule has 4 N–H and O–H groups in total. The van der Waals surface area contributed by atoms with Gasteiger partial charge < -0.3 is 11.1 Å². The molecule has 0 amide bonds. The Labute approximate surface area is 98.5 Å². The van der Waals surface area contributed by atoms with Gasteiger partial charge in [-0.15, -0.1) is 0 Å². The Morgan fingerprint density at radius 2 is 1.88 bits per heavy atom. The van der Waals surface area contributed by atoms with Gasteiger partial charge in [0, 0.05) is 11.1 Å². The number of H-pyrrole nitrogens is 1. The maximum atomic E-state index is 5.99. The minimum atomic E-state index is 0.711. The average molecular weight is 224 g/mol. The van der Waals surface area contributed by atoms with Crippen molar-refractivity contribution < 1.29 is 0 Å². The van der Waals surface area contributed by atoms with Crippen LogP contribution in [0.1, 0.15) is 0 Å². The fourth-order valence-corrected chi connectivity index (χ4v) is 1.84. The van der Waals surface area contributed by atoms with Crippen LogP contribution in [-0.2, 0) is 0 Å². The van der Waals surface area contributed by atoms with E-state index in [0.717, 1.165) is 22.3 Å². The number of nitrogens with one attached hydrogen (secondary N) is 2. The van der Waals surface area contributed by atoms with Crippen LogP contribution in [0.4, 0.5) is 17.1 Å². The molecule has 3 rings (SSSR count). The van der Waals surface area contributed by atoms with E-state index in [4.69, 9.17) is 5.73 Å². The largest absolute Gasteiger partial charge is 0.397 e. The van der Waals surface area contributed by atoms with Gasteiger partial charge in [0.2, 0.25) is 0 Å². The highest BCUT2D eigenvalue weighted by molar-refractivity contribution is 5.99. The number of para-hydroxylation sites is 1. The number of fused-ring (bicyclic) bond motifs is 1. The third kappa shape index (κ3) is 1.69. The van der Waals surface area contributed by atoms with Crippen molar-refractivity contribution >= 4 is 28.0 Å². The Morgan fingerprint density at radius 1 is 1.06 bits per heavy atom. The van der Waals surface area contributed by atoms with E-state index in [2.05, 4.69) is 15.5 Å². The molecule has 1 heterocycles. The van der Waals surface area contributed by atoms with E-state index in [-0.39, 0.29) is 0 Å². The van der Waals surface area contributed by atoms with Gasteiger partial charge in [0.05, 0.1) is 23.1 Å². The van der Waals surface area contributed by atoms with Crippen LogP contribution in [0.2, 0.25) is 0 Å². The van der Waals surface area contributed by atoms with Gasteiger partial charge in [-0.2, -0.15) is 5.10 Å². The summed E-state index contributed by atoms with van der Waals surface area (Å²) >= 11 is 0. The summed E-state index contributed by atoms with van der Waals surface area (Å²) in [5.41, 5.74) is 9.57. The Bertz CT molecular complexity index is 643. The summed E-state index contributed by atoms with van der Waals surface area (Å²) in [4.78, 5) is 0. The van der Waals surface area contributed by atoms with Crippen molar-refractivity contribution in [1.82, 2.24) is 10.2 Å². The average Bonchev–Trinajstić information content (AvgIpc) is 2.83. The van der Waals surface area contributed by atoms with Crippen molar-refractivity contribution in [3.05, 3.63) is 48.7 Å². The lowest BCUT2D eigenvalue weighted by Gasteiger charge is -2.10. The topological polar surface area (TPSA) is 66.7 Å². The van der Waals surface area contributed by atoms with Crippen molar-refractivity contribution in [3.63, 3.8) is 0 Å². The fourth-order valence-electron chi connectivity index (χ4n) is 1.84. The van der Waals surface area contributed by atoms with Gasteiger partial charge in [0.15, 0.2) is 0 Å². The summed E-state index contributed by atoms with van der Waals surface area (Å²) in [5.74, 6) is 0. The molecule has 84 valence electrons. The highest BCUT2D eigenvalue weighted by atomic mass is 15.1. The van der Waals surface area contributed by atoms with Gasteiger partial charge >= 0.3 is 0 Å². The third-order valence-electron chi connectivity index (χ3n) is 2.70. The summed E-state index contributed by atoms with van der Waals surface area (Å²) in [6, 6.07) is 13.7. The molecule has 2 aromatic carbocycles. The van der Waals surface area contributed by atoms with Gasteiger partial charge in [0.1, 0.15) is 0 Å². The summed E-state index contributed by atoms with van der Waals surface area (Å²) in [6.45, 7) is 0. The SMILES string of the molecule is Nc1ccc2[nH]ncc2c1Nc1ccccc1. The molecule has 4 heteroatoms. The maximum absolute atomic E-state index is 5.99. The molecule has 0 aliphatic rings. The summed E-state index contributed by atoms with van der Waals surface area (Å²) < 4.78 is 0. The molecule has 0 aliphatic carbocycles. The molecular weight excluding hydrogens is 212 g/mol. The monoisotopic (exact) mass is 224 g/mol. The zero-order valence-corrected chi connectivity index (χ0v) is 9.14. The molecule has 0 radical (unpaired) electrons. The number of hydrogen-bond acceptors (Lipinski definition) is 3. The summed E-state index contributed by atoms with van der Waals surface area (Å²) in [5, 5.41) is 11.3. The van der Waals surface area contributed by atoms with Crippen LogP contribution in [0.15, 0.2) is 48.7 Å². The first-order valence-corrected chi connectivity index (χ1v) is 5.38. The van der Waals surface area contributed by atoms with Gasteiger partial charge in [-0.05, 0) is 24.3 Å². The smallest absolute Gasteiger partial charge is 0.0729 e. The minimum absolute atomic E-state index is 0.711. The van der Waals surface area contributed by atoms with Crippen molar-refractivity contribution in [1.29, 1.82) is 0 Å². The first-order chi connectivity index (χ1) is 8.34. The third-order valence-corrected chi connectivity index (χ3v) is 2.70. The van der Waals surface area contributed by atoms with Crippen molar-refractivity contribution in [2.75, 3.05) is 11.1 Å². The van der Waals surface area contributed by atoms with Gasteiger partial charge in [-0.3, -0.25) is 5.10 Å². The number of hydrogen-bond donors (Lipinski definition) is 3. The van der Waals surface area contributed by atoms with Crippen LogP contribution in [-0.4, -0.2) is 10.2 Å². The second-order valence-corrected chi connectivity index (χ2v) is 3.85. The van der Waals surface area contributed by atoms with Gasteiger partial charge in [-0.1, -0.05) is 18.2 Å². The molecule has 0 fully saturated rings. The van der Waals surface area contributed by atoms with E-state index in [0.29, 0.717) is 5.69 Å². The molecular formula is C13H12N4. The molecule has 0 unspecified atom stereocenters. The number of aromatic nitrogens is 2. The van der Waals surface area contributed by atoms with Crippen LogP contribution < -0.4 is 11.1 Å². The second-order valence-electron chi connectivity index (χ2n) is 3.85. The molecule has 17 heavy (non-hydrogen) atoms. The predicted octanol–water partition coefficient (Wildman–Crippen LogP) is 2.89. The van der Waals surface area contributed by atoms with Crippen LogP contribution in [0.25, 0.3) is 10.9 Å². The number of benzene rings is 2. The number of rotatable bonds is 2. The van der Waals surface area contributed by atoms with Crippen LogP contribution in [0.3, 0.4) is 0 Å². The number of nitrogen functional groups attached to an aromatic ring is 1. The summed E-state index contributed by atoms with van der Waals surface area (Å²) in [7, 11) is 0. The zero-order valence-electron chi connectivity index (χ0n) is 9.14. The molecule has 0 aliphatic heterocycles. The first-order valence-electron chi connectivity index (χ1n) is 5.38. The Balaban J connectivity index is 2.10. The highest BCUT2D eigenvalue weighted by Gasteiger charge is 2.06. The van der Waals surface area contributed by atoms with E-state index in [1.807, 2.05) is 42.5 Å². The van der Waals surface area contributed by atoms with Gasteiger partial charge in [0.25, 0.3) is 0 Å². The number of nitrogens with two attached hydrogens (primary N) is 1. The Kier molecular flexibility index (Phi) is 2.19. The van der Waals surface area contributed by atoms with Gasteiger partial charge in [-0.25, -0.2) is 0 Å². The van der Waals surface area contributed by atoms with Crippen molar-refractivity contribution in [2.45, 2.75) is 0 Å². The lowest BCUT2D eigenvalue weighted by atomic mass is 10.2. The van der Waals surface area contributed by atoms with Crippen LogP contribution in [0.5, 0.6) is 0 Å². The van der Waals surface area contributed by atoms with Crippen molar-refractivity contribution in [3.8, 4) is 0 Å². The zero-order chi connectivity index (χ0) is 11.7. The molecule has 0 saturated carbocycles.